The molecule has 0 bridgehead atoms. The maximum Gasteiger partial charge on any atom is 0.316 e. The molecule has 0 amide bonds. The molecule has 0 spiro atoms. The molecule has 2 heterocycles. The summed E-state index contributed by atoms with van der Waals surface area (Å²) in [5.74, 6) is -0.0380. The first kappa shape index (κ1) is 27.4. The normalized spacial score (nSPS) is 20.3. The molecule has 208 valence electrons. The highest BCUT2D eigenvalue weighted by Crippen LogP contribution is 2.32. The number of nitrogens with zero attached hydrogens (tertiary/aromatic N) is 4. The van der Waals surface area contributed by atoms with E-state index in [1.54, 1.807) is 48.7 Å². The SMILES string of the molecule is Cc1cc(CS(=O)(=O)N2CCN(c3cnn(-c4cccc(Cl)c4)c(=O)c3O[C@H]3CC[C@H](F)C3)CC2)ccc1N. The van der Waals surface area contributed by atoms with Crippen molar-refractivity contribution in [1.29, 1.82) is 0 Å². The fraction of sp³-hybridized carbons (Fsp3) is 0.407. The number of hydrogen-bond donors (Lipinski definition) is 1. The Hall–Kier alpha value is -3.15. The van der Waals surface area contributed by atoms with Crippen molar-refractivity contribution in [1.82, 2.24) is 14.1 Å². The number of sulfonamides is 1. The van der Waals surface area contributed by atoms with Crippen molar-refractivity contribution >= 4 is 33.0 Å². The van der Waals surface area contributed by atoms with E-state index in [4.69, 9.17) is 22.1 Å². The van der Waals surface area contributed by atoms with Crippen LogP contribution in [-0.4, -0.2) is 61.0 Å². The van der Waals surface area contributed by atoms with Crippen LogP contribution in [0.15, 0.2) is 53.5 Å². The minimum Gasteiger partial charge on any atom is -0.483 e. The lowest BCUT2D eigenvalue weighted by atomic mass is 10.1. The number of piperazine rings is 1. The lowest BCUT2D eigenvalue weighted by Crippen LogP contribution is -2.49. The summed E-state index contributed by atoms with van der Waals surface area (Å²) in [6.07, 6.45) is 1.27. The number of aryl methyl sites for hydroxylation is 1. The molecule has 2 fully saturated rings. The van der Waals surface area contributed by atoms with Crippen LogP contribution in [0.1, 0.15) is 30.4 Å². The molecular weight excluding hydrogens is 545 g/mol. The Balaban J connectivity index is 1.37. The van der Waals surface area contributed by atoms with Gasteiger partial charge in [-0.3, -0.25) is 4.79 Å². The molecule has 1 aromatic heterocycles. The minimum absolute atomic E-state index is 0.0812. The van der Waals surface area contributed by atoms with Crippen LogP contribution in [0.3, 0.4) is 0 Å². The van der Waals surface area contributed by atoms with E-state index in [0.29, 0.717) is 53.6 Å². The van der Waals surface area contributed by atoms with E-state index in [-0.39, 0.29) is 31.0 Å². The van der Waals surface area contributed by atoms with Crippen LogP contribution in [0.5, 0.6) is 5.75 Å². The average Bonchev–Trinajstić information content (AvgIpc) is 3.32. The Morgan fingerprint density at radius 1 is 1.13 bits per heavy atom. The molecule has 0 radical (unpaired) electrons. The number of nitrogens with two attached hydrogens (primary N) is 1. The molecular formula is C27H31ClFN5O4S. The Kier molecular flexibility index (Phi) is 7.84. The number of aromatic nitrogens is 2. The van der Waals surface area contributed by atoms with E-state index >= 15 is 0 Å². The Morgan fingerprint density at radius 2 is 1.90 bits per heavy atom. The first-order chi connectivity index (χ1) is 18.6. The number of hydrogen-bond acceptors (Lipinski definition) is 7. The second kappa shape index (κ2) is 11.1. The van der Waals surface area contributed by atoms with Gasteiger partial charge in [-0.1, -0.05) is 29.8 Å². The minimum atomic E-state index is -3.56. The van der Waals surface area contributed by atoms with E-state index in [1.807, 2.05) is 11.8 Å². The zero-order valence-electron chi connectivity index (χ0n) is 21.6. The fourth-order valence-electron chi connectivity index (χ4n) is 5.06. The van der Waals surface area contributed by atoms with Crippen molar-refractivity contribution < 1.29 is 17.5 Å². The molecule has 5 rings (SSSR count). The molecule has 2 aromatic carbocycles. The largest absolute Gasteiger partial charge is 0.483 e. The van der Waals surface area contributed by atoms with Gasteiger partial charge in [0.2, 0.25) is 15.8 Å². The van der Waals surface area contributed by atoms with Gasteiger partial charge in [-0.25, -0.2) is 12.8 Å². The predicted molar refractivity (Wildman–Crippen MR) is 150 cm³/mol. The summed E-state index contributed by atoms with van der Waals surface area (Å²) in [5, 5.41) is 4.82. The van der Waals surface area contributed by atoms with Crippen molar-refractivity contribution in [3.05, 3.63) is 75.2 Å². The molecule has 2 aliphatic rings. The molecule has 3 aromatic rings. The van der Waals surface area contributed by atoms with Crippen LogP contribution >= 0.6 is 11.6 Å². The van der Waals surface area contributed by atoms with Crippen molar-refractivity contribution in [3.8, 4) is 11.4 Å². The van der Waals surface area contributed by atoms with Gasteiger partial charge < -0.3 is 15.4 Å². The number of halogens is 2. The van der Waals surface area contributed by atoms with Crippen LogP contribution < -0.4 is 20.9 Å². The Labute approximate surface area is 232 Å². The first-order valence-corrected chi connectivity index (χ1v) is 14.9. The summed E-state index contributed by atoms with van der Waals surface area (Å²) in [4.78, 5) is 15.5. The molecule has 2 atom stereocenters. The molecule has 2 N–H and O–H groups in total. The summed E-state index contributed by atoms with van der Waals surface area (Å²) in [6, 6.07) is 12.0. The standard InChI is InChI=1S/C27H31ClFN5O4S/c1-18-13-19(5-8-24(18)30)17-39(36,37)33-11-9-32(10-12-33)25-16-31-34(22-4-2-3-20(28)14-22)27(35)26(25)38-23-7-6-21(29)15-23/h2-5,8,13-14,16,21,23H,6-7,9-12,15,17,30H2,1H3/t21-,23-/m0/s1. The third-order valence-electron chi connectivity index (χ3n) is 7.23. The van der Waals surface area contributed by atoms with E-state index in [2.05, 4.69) is 5.10 Å². The lowest BCUT2D eigenvalue weighted by Gasteiger charge is -2.36. The second-order valence-corrected chi connectivity index (χ2v) is 12.4. The highest BCUT2D eigenvalue weighted by atomic mass is 35.5. The van der Waals surface area contributed by atoms with Gasteiger partial charge in [0.25, 0.3) is 0 Å². The summed E-state index contributed by atoms with van der Waals surface area (Å²) in [5.41, 5.74) is 8.46. The van der Waals surface area contributed by atoms with Gasteiger partial charge in [0, 0.05) is 43.3 Å². The third-order valence-corrected chi connectivity index (χ3v) is 9.31. The highest BCUT2D eigenvalue weighted by molar-refractivity contribution is 7.88. The number of rotatable bonds is 7. The molecule has 1 saturated heterocycles. The van der Waals surface area contributed by atoms with Gasteiger partial charge in [-0.15, -0.1) is 0 Å². The van der Waals surface area contributed by atoms with Gasteiger partial charge in [0.05, 0.1) is 17.6 Å². The van der Waals surface area contributed by atoms with Crippen molar-refractivity contribution in [2.45, 2.75) is 44.2 Å². The number of alkyl halides is 1. The van der Waals surface area contributed by atoms with Crippen molar-refractivity contribution in [2.75, 3.05) is 36.8 Å². The molecule has 0 unspecified atom stereocenters. The summed E-state index contributed by atoms with van der Waals surface area (Å²) in [7, 11) is -3.56. The molecule has 9 nitrogen and oxygen atoms in total. The van der Waals surface area contributed by atoms with E-state index in [9.17, 15) is 17.6 Å². The number of ether oxygens (including phenoxy) is 1. The average molecular weight is 576 g/mol. The Morgan fingerprint density at radius 3 is 2.56 bits per heavy atom. The van der Waals surface area contributed by atoms with Crippen LogP contribution in [0.2, 0.25) is 5.02 Å². The quantitative estimate of drug-likeness (QED) is 0.428. The maximum atomic E-state index is 13.9. The molecule has 1 aliphatic heterocycles. The van der Waals surface area contributed by atoms with Crippen LogP contribution in [0.25, 0.3) is 5.69 Å². The predicted octanol–water partition coefficient (Wildman–Crippen LogP) is 3.70. The van der Waals surface area contributed by atoms with E-state index < -0.39 is 27.9 Å². The van der Waals surface area contributed by atoms with Crippen LogP contribution in [0, 0.1) is 6.92 Å². The number of nitrogen functional groups attached to an aromatic ring is 1. The van der Waals surface area contributed by atoms with E-state index in [1.165, 1.54) is 8.99 Å². The van der Waals surface area contributed by atoms with Crippen molar-refractivity contribution in [2.24, 2.45) is 0 Å². The maximum absolute atomic E-state index is 13.9. The molecule has 12 heteroatoms. The van der Waals surface area contributed by atoms with Gasteiger partial charge in [-0.2, -0.15) is 14.1 Å². The third kappa shape index (κ3) is 6.05. The highest BCUT2D eigenvalue weighted by Gasteiger charge is 2.32. The second-order valence-electron chi connectivity index (χ2n) is 10.0. The molecule has 39 heavy (non-hydrogen) atoms. The Bertz CT molecular complexity index is 1520. The smallest absolute Gasteiger partial charge is 0.316 e. The van der Waals surface area contributed by atoms with Gasteiger partial charge in [0.15, 0.2) is 0 Å². The zero-order chi connectivity index (χ0) is 27.7. The first-order valence-electron chi connectivity index (χ1n) is 12.9. The summed E-state index contributed by atoms with van der Waals surface area (Å²) in [6.45, 7) is 3.01. The lowest BCUT2D eigenvalue weighted by molar-refractivity contribution is 0.193. The van der Waals surface area contributed by atoms with Crippen LogP contribution in [-0.2, 0) is 15.8 Å². The van der Waals surface area contributed by atoms with Gasteiger partial charge >= 0.3 is 5.56 Å². The topological polar surface area (TPSA) is 111 Å². The van der Waals surface area contributed by atoms with Gasteiger partial charge in [0.1, 0.15) is 18.0 Å². The molecule has 1 saturated carbocycles. The fourth-order valence-corrected chi connectivity index (χ4v) is 6.74. The summed E-state index contributed by atoms with van der Waals surface area (Å²) < 4.78 is 49.0. The van der Waals surface area contributed by atoms with E-state index in [0.717, 1.165) is 5.56 Å². The zero-order valence-corrected chi connectivity index (χ0v) is 23.2. The monoisotopic (exact) mass is 575 g/mol. The molecule has 1 aliphatic carbocycles. The summed E-state index contributed by atoms with van der Waals surface area (Å²) >= 11 is 6.13. The van der Waals surface area contributed by atoms with Gasteiger partial charge in [-0.05, 0) is 55.2 Å². The van der Waals surface area contributed by atoms with Crippen LogP contribution in [0.4, 0.5) is 15.8 Å². The number of anilines is 2. The number of benzene rings is 2. The van der Waals surface area contributed by atoms with Crippen molar-refractivity contribution in [3.63, 3.8) is 0 Å².